The van der Waals surface area contributed by atoms with Crippen molar-refractivity contribution in [2.75, 3.05) is 38.6 Å². The van der Waals surface area contributed by atoms with Crippen LogP contribution in [0.15, 0.2) is 29.1 Å². The van der Waals surface area contributed by atoms with Gasteiger partial charge in [0, 0.05) is 40.2 Å². The monoisotopic (exact) mass is 385 g/mol. The summed E-state index contributed by atoms with van der Waals surface area (Å²) in [5.41, 5.74) is 1.29. The van der Waals surface area contributed by atoms with Crippen LogP contribution >= 0.6 is 0 Å². The zero-order valence-corrected chi connectivity index (χ0v) is 16.5. The number of aromatic nitrogens is 2. The number of amides is 2. The van der Waals surface area contributed by atoms with Crippen molar-refractivity contribution in [3.8, 4) is 0 Å². The van der Waals surface area contributed by atoms with E-state index in [9.17, 15) is 14.4 Å². The summed E-state index contributed by atoms with van der Waals surface area (Å²) in [4.78, 5) is 45.0. The Morgan fingerprint density at radius 1 is 1.14 bits per heavy atom. The zero-order valence-electron chi connectivity index (χ0n) is 16.5. The first-order chi connectivity index (χ1) is 13.5. The molecular formula is C20H27N5O3. The Morgan fingerprint density at radius 2 is 1.86 bits per heavy atom. The summed E-state index contributed by atoms with van der Waals surface area (Å²) in [7, 11) is 3.28. The normalized spacial score (nSPS) is 14.1. The molecule has 1 saturated heterocycles. The Morgan fingerprint density at radius 3 is 2.57 bits per heavy atom. The van der Waals surface area contributed by atoms with E-state index >= 15 is 0 Å². The number of para-hydroxylation sites is 2. The molecule has 2 amide bonds. The number of fused-ring (bicyclic) bond motifs is 1. The van der Waals surface area contributed by atoms with E-state index in [-0.39, 0.29) is 36.9 Å². The highest BCUT2D eigenvalue weighted by Gasteiger charge is 2.19. The molecule has 8 nitrogen and oxygen atoms in total. The van der Waals surface area contributed by atoms with E-state index in [0.29, 0.717) is 11.3 Å². The van der Waals surface area contributed by atoms with E-state index in [1.165, 1.54) is 11.3 Å². The summed E-state index contributed by atoms with van der Waals surface area (Å²) < 4.78 is 1.62. The van der Waals surface area contributed by atoms with E-state index in [0.717, 1.165) is 31.4 Å². The quantitative estimate of drug-likeness (QED) is 0.801. The van der Waals surface area contributed by atoms with E-state index in [4.69, 9.17) is 0 Å². The van der Waals surface area contributed by atoms with Crippen LogP contribution in [-0.4, -0.2) is 60.0 Å². The van der Waals surface area contributed by atoms with Crippen LogP contribution < -0.4 is 15.8 Å². The van der Waals surface area contributed by atoms with Gasteiger partial charge in [-0.2, -0.15) is 0 Å². The second-order valence-electron chi connectivity index (χ2n) is 7.24. The van der Waals surface area contributed by atoms with Crippen molar-refractivity contribution in [2.45, 2.75) is 32.2 Å². The number of aryl methyl sites for hydroxylation is 1. The first-order valence-corrected chi connectivity index (χ1v) is 9.69. The second kappa shape index (κ2) is 8.86. The van der Waals surface area contributed by atoms with Crippen LogP contribution in [0.4, 0.5) is 5.82 Å². The molecule has 28 heavy (non-hydrogen) atoms. The molecule has 0 saturated carbocycles. The minimum atomic E-state index is -0.262. The summed E-state index contributed by atoms with van der Waals surface area (Å²) in [6.07, 6.45) is 3.39. The number of carbonyl (C=O) groups is 2. The molecule has 0 spiro atoms. The smallest absolute Gasteiger partial charge is 0.294 e. The molecule has 150 valence electrons. The van der Waals surface area contributed by atoms with Crippen LogP contribution in [-0.2, 0) is 16.1 Å². The second-order valence-corrected chi connectivity index (χ2v) is 7.24. The van der Waals surface area contributed by atoms with Gasteiger partial charge >= 0.3 is 0 Å². The predicted molar refractivity (Wildman–Crippen MR) is 108 cm³/mol. The lowest BCUT2D eigenvalue weighted by molar-refractivity contribution is -0.130. The maximum atomic E-state index is 13.1. The van der Waals surface area contributed by atoms with E-state index in [2.05, 4.69) is 10.3 Å². The van der Waals surface area contributed by atoms with Crippen LogP contribution in [0.3, 0.4) is 0 Å². The summed E-state index contributed by atoms with van der Waals surface area (Å²) in [6.45, 7) is 1.85. The SMILES string of the molecule is CN(C)C(=O)CNC(=O)CCn1c(=O)c(N2CCCCC2)nc2ccccc21. The molecule has 0 bridgehead atoms. The van der Waals surface area contributed by atoms with Gasteiger partial charge in [-0.3, -0.25) is 14.4 Å². The fourth-order valence-corrected chi connectivity index (χ4v) is 3.35. The van der Waals surface area contributed by atoms with Crippen molar-refractivity contribution in [2.24, 2.45) is 0 Å². The van der Waals surface area contributed by atoms with Crippen LogP contribution in [0.1, 0.15) is 25.7 Å². The number of likely N-dealkylation sites (N-methyl/N-ethyl adjacent to an activating group) is 1. The number of benzene rings is 1. The fourth-order valence-electron chi connectivity index (χ4n) is 3.35. The minimum Gasteiger partial charge on any atom is -0.352 e. The molecular weight excluding hydrogens is 358 g/mol. The standard InChI is InChI=1S/C20H27N5O3/c1-23(2)18(27)14-21-17(26)10-13-25-16-9-5-4-8-15(16)22-19(20(25)28)24-11-6-3-7-12-24/h4-5,8-9H,3,6-7,10-14H2,1-2H3,(H,21,26). The third-order valence-corrected chi connectivity index (χ3v) is 4.99. The Hall–Kier alpha value is -2.90. The number of nitrogens with zero attached hydrogens (tertiary/aromatic N) is 4. The molecule has 1 aliphatic rings. The molecule has 8 heteroatoms. The first-order valence-electron chi connectivity index (χ1n) is 9.69. The summed E-state index contributed by atoms with van der Waals surface area (Å²) >= 11 is 0. The highest BCUT2D eigenvalue weighted by Crippen LogP contribution is 2.18. The van der Waals surface area contributed by atoms with E-state index in [1.54, 1.807) is 18.7 Å². The first kappa shape index (κ1) is 19.9. The van der Waals surface area contributed by atoms with Crippen LogP contribution in [0.5, 0.6) is 0 Å². The lowest BCUT2D eigenvalue weighted by atomic mass is 10.1. The van der Waals surface area contributed by atoms with Crippen LogP contribution in [0.2, 0.25) is 0 Å². The third kappa shape index (κ3) is 4.49. The molecule has 3 rings (SSSR count). The third-order valence-electron chi connectivity index (χ3n) is 4.99. The molecule has 1 N–H and O–H groups in total. The molecule has 0 unspecified atom stereocenters. The van der Waals surface area contributed by atoms with Crippen molar-refractivity contribution < 1.29 is 9.59 Å². The van der Waals surface area contributed by atoms with Gasteiger partial charge in [0.05, 0.1) is 17.6 Å². The predicted octanol–water partition coefficient (Wildman–Crippen LogP) is 0.981. The summed E-state index contributed by atoms with van der Waals surface area (Å²) in [5.74, 6) is 0.0244. The van der Waals surface area contributed by atoms with Gasteiger partial charge in [-0.05, 0) is 31.4 Å². The summed E-state index contributed by atoms with van der Waals surface area (Å²) in [5, 5.41) is 2.61. The highest BCUT2D eigenvalue weighted by atomic mass is 16.2. The number of hydrogen-bond acceptors (Lipinski definition) is 5. The van der Waals surface area contributed by atoms with Gasteiger partial charge in [0.2, 0.25) is 11.8 Å². The molecule has 1 fully saturated rings. The Kier molecular flexibility index (Phi) is 6.28. The van der Waals surface area contributed by atoms with Crippen LogP contribution in [0, 0.1) is 0 Å². The molecule has 2 heterocycles. The number of carbonyl (C=O) groups excluding carboxylic acids is 2. The Bertz CT molecular complexity index is 916. The Balaban J connectivity index is 1.81. The minimum absolute atomic E-state index is 0.0448. The average Bonchev–Trinajstić information content (AvgIpc) is 2.71. The number of nitrogens with one attached hydrogen (secondary N) is 1. The van der Waals surface area contributed by atoms with E-state index < -0.39 is 0 Å². The maximum absolute atomic E-state index is 13.1. The van der Waals surface area contributed by atoms with Crippen molar-refractivity contribution in [3.05, 3.63) is 34.6 Å². The zero-order chi connectivity index (χ0) is 20.1. The molecule has 1 aromatic heterocycles. The largest absolute Gasteiger partial charge is 0.352 e. The van der Waals surface area contributed by atoms with Gasteiger partial charge in [-0.1, -0.05) is 12.1 Å². The maximum Gasteiger partial charge on any atom is 0.294 e. The number of piperidine rings is 1. The van der Waals surface area contributed by atoms with Crippen LogP contribution in [0.25, 0.3) is 11.0 Å². The van der Waals surface area contributed by atoms with Crippen molar-refractivity contribution in [1.82, 2.24) is 19.8 Å². The molecule has 0 aliphatic carbocycles. The number of anilines is 1. The molecule has 0 radical (unpaired) electrons. The molecule has 2 aromatic rings. The lowest BCUT2D eigenvalue weighted by Crippen LogP contribution is -2.38. The van der Waals surface area contributed by atoms with Crippen molar-refractivity contribution in [1.29, 1.82) is 0 Å². The fraction of sp³-hybridized carbons (Fsp3) is 0.500. The van der Waals surface area contributed by atoms with Gasteiger partial charge < -0.3 is 19.7 Å². The topological polar surface area (TPSA) is 87.5 Å². The number of rotatable bonds is 6. The van der Waals surface area contributed by atoms with Crippen molar-refractivity contribution in [3.63, 3.8) is 0 Å². The van der Waals surface area contributed by atoms with E-state index in [1.807, 2.05) is 29.2 Å². The molecule has 1 aromatic carbocycles. The lowest BCUT2D eigenvalue weighted by Gasteiger charge is -2.27. The van der Waals surface area contributed by atoms with Gasteiger partial charge in [-0.15, -0.1) is 0 Å². The highest BCUT2D eigenvalue weighted by molar-refractivity contribution is 5.84. The molecule has 1 aliphatic heterocycles. The number of hydrogen-bond donors (Lipinski definition) is 1. The van der Waals surface area contributed by atoms with Gasteiger partial charge in [0.25, 0.3) is 5.56 Å². The van der Waals surface area contributed by atoms with Crippen molar-refractivity contribution >= 4 is 28.7 Å². The average molecular weight is 385 g/mol. The van der Waals surface area contributed by atoms with Gasteiger partial charge in [-0.25, -0.2) is 4.98 Å². The van der Waals surface area contributed by atoms with Gasteiger partial charge in [0.1, 0.15) is 0 Å². The molecule has 0 atom stereocenters. The summed E-state index contributed by atoms with van der Waals surface area (Å²) in [6, 6.07) is 7.48. The van der Waals surface area contributed by atoms with Gasteiger partial charge in [0.15, 0.2) is 5.82 Å². The Labute approximate surface area is 164 Å².